The maximum atomic E-state index is 12.8. The minimum atomic E-state index is -1.03. The molecular formula is C21H30N2O6. The van der Waals surface area contributed by atoms with Crippen LogP contribution in [0.2, 0.25) is 0 Å². The van der Waals surface area contributed by atoms with E-state index in [1.165, 1.54) is 12.1 Å². The number of carboxylic acid groups (broad SMARTS) is 1. The third kappa shape index (κ3) is 6.37. The molecule has 8 heteroatoms. The molecule has 1 unspecified atom stereocenters. The molecule has 1 aliphatic heterocycles. The van der Waals surface area contributed by atoms with E-state index < -0.39 is 35.4 Å². The Balaban J connectivity index is 2.29. The Bertz CT molecular complexity index is 761. The van der Waals surface area contributed by atoms with E-state index in [1.54, 1.807) is 63.5 Å². The van der Waals surface area contributed by atoms with Gasteiger partial charge in [-0.15, -0.1) is 0 Å². The first-order chi connectivity index (χ1) is 13.3. The third-order valence-electron chi connectivity index (χ3n) is 4.20. The molecule has 0 spiro atoms. The molecule has 1 aromatic carbocycles. The van der Waals surface area contributed by atoms with Crippen LogP contribution in [-0.2, 0) is 9.47 Å². The molecule has 1 atom stereocenters. The van der Waals surface area contributed by atoms with Crippen molar-refractivity contribution in [3.63, 3.8) is 0 Å². The number of piperazine rings is 1. The summed E-state index contributed by atoms with van der Waals surface area (Å²) >= 11 is 0. The molecule has 0 radical (unpaired) electrons. The summed E-state index contributed by atoms with van der Waals surface area (Å²) in [6.07, 6.45) is -0.929. The molecule has 0 aromatic heterocycles. The normalized spacial score (nSPS) is 17.7. The van der Waals surface area contributed by atoms with E-state index in [9.17, 15) is 14.4 Å². The monoisotopic (exact) mass is 406 g/mol. The Morgan fingerprint density at radius 3 is 1.90 bits per heavy atom. The van der Waals surface area contributed by atoms with Gasteiger partial charge in [-0.2, -0.15) is 0 Å². The van der Waals surface area contributed by atoms with Crippen molar-refractivity contribution < 1.29 is 29.0 Å². The van der Waals surface area contributed by atoms with Crippen molar-refractivity contribution in [3.8, 4) is 0 Å². The molecule has 29 heavy (non-hydrogen) atoms. The zero-order valence-electron chi connectivity index (χ0n) is 17.9. The first-order valence-corrected chi connectivity index (χ1v) is 9.57. The first-order valence-electron chi connectivity index (χ1n) is 9.57. The van der Waals surface area contributed by atoms with Crippen molar-refractivity contribution in [1.82, 2.24) is 9.80 Å². The van der Waals surface area contributed by atoms with Crippen molar-refractivity contribution >= 4 is 18.2 Å². The standard InChI is InChI=1S/C21H30N2O6/c1-20(2,3)28-18(26)22-11-12-23(19(27)29-21(4,5)6)16(13-22)14-7-9-15(10-8-14)17(24)25/h7-10,16H,11-13H2,1-6H3,(H,24,25). The molecule has 160 valence electrons. The predicted octanol–water partition coefficient (Wildman–Crippen LogP) is 3.91. The van der Waals surface area contributed by atoms with E-state index in [0.717, 1.165) is 0 Å². The van der Waals surface area contributed by atoms with Crippen LogP contribution >= 0.6 is 0 Å². The summed E-state index contributed by atoms with van der Waals surface area (Å²) in [5.41, 5.74) is -0.416. The van der Waals surface area contributed by atoms with Crippen molar-refractivity contribution in [2.45, 2.75) is 58.8 Å². The van der Waals surface area contributed by atoms with Crippen molar-refractivity contribution in [2.75, 3.05) is 19.6 Å². The van der Waals surface area contributed by atoms with Crippen LogP contribution in [0.25, 0.3) is 0 Å². The lowest BCUT2D eigenvalue weighted by molar-refractivity contribution is -0.0152. The van der Waals surface area contributed by atoms with Gasteiger partial charge in [0.25, 0.3) is 0 Å². The zero-order chi connectivity index (χ0) is 22.0. The highest BCUT2D eigenvalue weighted by molar-refractivity contribution is 5.87. The molecule has 0 saturated carbocycles. The summed E-state index contributed by atoms with van der Waals surface area (Å²) in [7, 11) is 0. The zero-order valence-corrected chi connectivity index (χ0v) is 17.9. The van der Waals surface area contributed by atoms with Gasteiger partial charge < -0.3 is 19.5 Å². The van der Waals surface area contributed by atoms with Gasteiger partial charge in [-0.1, -0.05) is 12.1 Å². The molecule has 8 nitrogen and oxygen atoms in total. The largest absolute Gasteiger partial charge is 0.478 e. The Kier molecular flexibility index (Phi) is 6.45. The van der Waals surface area contributed by atoms with E-state index >= 15 is 0 Å². The first kappa shape index (κ1) is 22.5. The number of hydrogen-bond donors (Lipinski definition) is 1. The topological polar surface area (TPSA) is 96.4 Å². The molecule has 1 saturated heterocycles. The fraction of sp³-hybridized carbons (Fsp3) is 0.571. The van der Waals surface area contributed by atoms with Gasteiger partial charge >= 0.3 is 18.2 Å². The van der Waals surface area contributed by atoms with Crippen LogP contribution in [0.3, 0.4) is 0 Å². The van der Waals surface area contributed by atoms with Crippen molar-refractivity contribution in [2.24, 2.45) is 0 Å². The molecular weight excluding hydrogens is 376 g/mol. The summed E-state index contributed by atoms with van der Waals surface area (Å²) in [5.74, 6) is -1.03. The maximum Gasteiger partial charge on any atom is 0.410 e. The molecule has 1 fully saturated rings. The van der Waals surface area contributed by atoms with Crippen LogP contribution < -0.4 is 0 Å². The van der Waals surface area contributed by atoms with Gasteiger partial charge in [0.15, 0.2) is 0 Å². The molecule has 1 heterocycles. The predicted molar refractivity (Wildman–Crippen MR) is 107 cm³/mol. The van der Waals surface area contributed by atoms with E-state index in [-0.39, 0.29) is 18.7 Å². The van der Waals surface area contributed by atoms with Crippen LogP contribution in [0.1, 0.15) is 63.5 Å². The quantitative estimate of drug-likeness (QED) is 0.800. The van der Waals surface area contributed by atoms with Crippen molar-refractivity contribution in [1.29, 1.82) is 0 Å². The van der Waals surface area contributed by atoms with Crippen LogP contribution in [-0.4, -0.2) is 63.9 Å². The smallest absolute Gasteiger partial charge is 0.410 e. The second kappa shape index (κ2) is 8.31. The number of benzene rings is 1. The molecule has 2 amide bonds. The summed E-state index contributed by atoms with van der Waals surface area (Å²) in [4.78, 5) is 39.6. The molecule has 1 aliphatic rings. The van der Waals surface area contributed by atoms with Gasteiger partial charge in [0.1, 0.15) is 11.2 Å². The molecule has 1 aromatic rings. The number of carboxylic acids is 1. The Morgan fingerprint density at radius 1 is 0.897 bits per heavy atom. The van der Waals surface area contributed by atoms with Gasteiger partial charge in [0, 0.05) is 19.6 Å². The second-order valence-corrected chi connectivity index (χ2v) is 9.04. The fourth-order valence-electron chi connectivity index (χ4n) is 2.95. The minimum Gasteiger partial charge on any atom is -0.478 e. The maximum absolute atomic E-state index is 12.8. The van der Waals surface area contributed by atoms with Gasteiger partial charge in [-0.05, 0) is 59.2 Å². The Labute approximate surface area is 171 Å². The summed E-state index contributed by atoms with van der Waals surface area (Å²) in [6.45, 7) is 11.6. The van der Waals surface area contributed by atoms with E-state index in [4.69, 9.17) is 14.6 Å². The average Bonchev–Trinajstić information content (AvgIpc) is 2.58. The average molecular weight is 406 g/mol. The molecule has 2 rings (SSSR count). The Hall–Kier alpha value is -2.77. The lowest BCUT2D eigenvalue weighted by Gasteiger charge is -2.42. The number of nitrogens with zero attached hydrogens (tertiary/aromatic N) is 2. The number of rotatable bonds is 2. The van der Waals surface area contributed by atoms with E-state index in [0.29, 0.717) is 12.1 Å². The van der Waals surface area contributed by atoms with Crippen LogP contribution in [0, 0.1) is 0 Å². The highest BCUT2D eigenvalue weighted by Gasteiger charge is 2.37. The number of amides is 2. The number of hydrogen-bond acceptors (Lipinski definition) is 5. The van der Waals surface area contributed by atoms with Crippen LogP contribution in [0.5, 0.6) is 0 Å². The summed E-state index contributed by atoms with van der Waals surface area (Å²) in [5, 5.41) is 9.12. The SMILES string of the molecule is CC(C)(C)OC(=O)N1CCN(C(=O)OC(C)(C)C)C(c2ccc(C(=O)O)cc2)C1. The third-order valence-corrected chi connectivity index (χ3v) is 4.20. The van der Waals surface area contributed by atoms with Crippen LogP contribution in [0.15, 0.2) is 24.3 Å². The summed E-state index contributed by atoms with van der Waals surface area (Å²) in [6, 6.07) is 5.80. The highest BCUT2D eigenvalue weighted by atomic mass is 16.6. The molecule has 0 aliphatic carbocycles. The van der Waals surface area contributed by atoms with Crippen LogP contribution in [0.4, 0.5) is 9.59 Å². The Morgan fingerprint density at radius 2 is 1.41 bits per heavy atom. The number of carbonyl (C=O) groups is 3. The number of carbonyl (C=O) groups excluding carboxylic acids is 2. The van der Waals surface area contributed by atoms with Gasteiger partial charge in [0.05, 0.1) is 11.6 Å². The fourth-order valence-corrected chi connectivity index (χ4v) is 2.95. The minimum absolute atomic E-state index is 0.150. The van der Waals surface area contributed by atoms with Crippen molar-refractivity contribution in [3.05, 3.63) is 35.4 Å². The molecule has 0 bridgehead atoms. The molecule has 1 N–H and O–H groups in total. The second-order valence-electron chi connectivity index (χ2n) is 9.04. The lowest BCUT2D eigenvalue weighted by atomic mass is 10.0. The van der Waals surface area contributed by atoms with E-state index in [1.807, 2.05) is 0 Å². The number of ether oxygens (including phenoxy) is 2. The summed E-state index contributed by atoms with van der Waals surface area (Å²) < 4.78 is 11.0. The van der Waals surface area contributed by atoms with Gasteiger partial charge in [-0.25, -0.2) is 14.4 Å². The highest BCUT2D eigenvalue weighted by Crippen LogP contribution is 2.28. The number of aromatic carboxylic acids is 1. The van der Waals surface area contributed by atoms with Gasteiger partial charge in [-0.3, -0.25) is 4.90 Å². The van der Waals surface area contributed by atoms with E-state index in [2.05, 4.69) is 0 Å². The lowest BCUT2D eigenvalue weighted by Crippen LogP contribution is -2.54. The van der Waals surface area contributed by atoms with Gasteiger partial charge in [0.2, 0.25) is 0 Å².